The molecule has 2 heterocycles. The molecule has 0 spiro atoms. The van der Waals surface area contributed by atoms with E-state index in [1.54, 1.807) is 0 Å². The van der Waals surface area contributed by atoms with Crippen molar-refractivity contribution in [2.24, 2.45) is 0 Å². The fourth-order valence-electron chi connectivity index (χ4n) is 11.4. The molecule has 0 atom stereocenters. The van der Waals surface area contributed by atoms with E-state index >= 15 is 0 Å². The van der Waals surface area contributed by atoms with Gasteiger partial charge in [-0.05, 0) is 128 Å². The number of para-hydroxylation sites is 2. The Labute approximate surface area is 410 Å². The molecule has 2 aromatic heterocycles. The summed E-state index contributed by atoms with van der Waals surface area (Å²) < 4.78 is 9.10. The first-order valence-electron chi connectivity index (χ1n) is 24.0. The van der Waals surface area contributed by atoms with E-state index in [0.717, 1.165) is 61.3 Å². The van der Waals surface area contributed by atoms with Gasteiger partial charge in [0.15, 0.2) is 0 Å². The van der Waals surface area contributed by atoms with Crippen LogP contribution in [0, 0.1) is 0 Å². The topological polar surface area (TPSA) is 16.4 Å². The first kappa shape index (κ1) is 40.3. The fraction of sp³-hybridized carbons (Fsp3) is 0.0149. The van der Waals surface area contributed by atoms with Crippen LogP contribution in [-0.4, -0.2) is 0 Å². The summed E-state index contributed by atoms with van der Waals surface area (Å²) in [4.78, 5) is 2.43. The summed E-state index contributed by atoms with van der Waals surface area (Å²) in [5.41, 5.74) is 19.1. The quantitative estimate of drug-likeness (QED) is 0.151. The number of rotatable bonds is 8. The van der Waals surface area contributed by atoms with Crippen LogP contribution in [0.5, 0.6) is 0 Å². The Morgan fingerprint density at radius 3 is 1.71 bits per heavy atom. The van der Waals surface area contributed by atoms with Gasteiger partial charge in [0.1, 0.15) is 11.2 Å². The molecule has 3 heteroatoms. The Kier molecular flexibility index (Phi) is 9.33. The van der Waals surface area contributed by atoms with Gasteiger partial charge in [0.05, 0.1) is 5.41 Å². The maximum atomic E-state index is 6.48. The van der Waals surface area contributed by atoms with Crippen molar-refractivity contribution in [2.75, 3.05) is 4.90 Å². The number of nitrogens with zero attached hydrogens (tertiary/aromatic N) is 1. The van der Waals surface area contributed by atoms with Gasteiger partial charge in [-0.2, -0.15) is 0 Å². The summed E-state index contributed by atoms with van der Waals surface area (Å²) in [6.45, 7) is 0. The molecule has 0 radical (unpaired) electrons. The third-order valence-corrected chi connectivity index (χ3v) is 15.7. The molecule has 1 aliphatic rings. The fourth-order valence-corrected chi connectivity index (χ4v) is 12.5. The molecule has 0 saturated carbocycles. The van der Waals surface area contributed by atoms with Crippen LogP contribution >= 0.6 is 11.3 Å². The third kappa shape index (κ3) is 6.32. The molecule has 0 saturated heterocycles. The summed E-state index contributed by atoms with van der Waals surface area (Å²) in [7, 11) is 0. The molecule has 0 bridgehead atoms. The minimum atomic E-state index is -0.478. The predicted molar refractivity (Wildman–Crippen MR) is 295 cm³/mol. The summed E-state index contributed by atoms with van der Waals surface area (Å²) in [5.74, 6) is 0. The highest BCUT2D eigenvalue weighted by Gasteiger charge is 2.46. The van der Waals surface area contributed by atoms with Crippen molar-refractivity contribution in [2.45, 2.75) is 5.41 Å². The minimum Gasteiger partial charge on any atom is -0.455 e. The lowest BCUT2D eigenvalue weighted by Crippen LogP contribution is -2.28. The SMILES string of the molecule is c1ccc(C2(c3ccccc3)c3ccccc3-c3cc(N(c4ccc(-c5cccc(-c6cccc7c6oc6ccccc67)c5)cc4)c4cccc(-c5ccc6sc7ccccc7c6c5)c4)ccc32)cc1. The Hall–Kier alpha value is -8.76. The monoisotopic (exact) mass is 909 g/mol. The molecular weight excluding hydrogens is 867 g/mol. The number of furan rings is 1. The van der Waals surface area contributed by atoms with Gasteiger partial charge in [0.25, 0.3) is 0 Å². The molecule has 0 unspecified atom stereocenters. The van der Waals surface area contributed by atoms with Crippen LogP contribution in [0.4, 0.5) is 17.1 Å². The summed E-state index contributed by atoms with van der Waals surface area (Å²) >= 11 is 1.86. The van der Waals surface area contributed by atoms with Crippen molar-refractivity contribution >= 4 is 70.5 Å². The predicted octanol–water partition coefficient (Wildman–Crippen LogP) is 18.8. The molecule has 0 N–H and O–H groups in total. The molecule has 0 amide bonds. The normalized spacial score (nSPS) is 12.7. The molecule has 1 aliphatic carbocycles. The van der Waals surface area contributed by atoms with Crippen LogP contribution in [0.2, 0.25) is 0 Å². The van der Waals surface area contributed by atoms with Gasteiger partial charge in [-0.25, -0.2) is 0 Å². The highest BCUT2D eigenvalue weighted by atomic mass is 32.1. The van der Waals surface area contributed by atoms with Crippen LogP contribution < -0.4 is 4.90 Å². The van der Waals surface area contributed by atoms with Crippen molar-refractivity contribution in [3.63, 3.8) is 0 Å². The number of thiophene rings is 1. The van der Waals surface area contributed by atoms with Crippen molar-refractivity contribution < 1.29 is 4.42 Å². The lowest BCUT2D eigenvalue weighted by molar-refractivity contribution is 0.670. The summed E-state index contributed by atoms with van der Waals surface area (Å²) in [6, 6.07) is 95.6. The maximum Gasteiger partial charge on any atom is 0.143 e. The highest BCUT2D eigenvalue weighted by molar-refractivity contribution is 7.25. The van der Waals surface area contributed by atoms with Crippen LogP contribution in [-0.2, 0) is 5.41 Å². The standard InChI is InChI=1S/C67H43NOS/c1-3-19-49(20-4-1)67(50-21-5-2-6-22-50)61-29-10-7-24-55(61)59-43-53(37-38-62(59)67)68(52-23-14-17-46(41-52)47-34-39-65-60(42-47)57-26-9-12-31-64(57)70-65)51-35-32-44(33-36-51)45-16-13-18-48(40-45)54-27-15-28-58-56-25-8-11-30-63(56)69-66(54)58/h1-43H. The van der Waals surface area contributed by atoms with Gasteiger partial charge < -0.3 is 9.32 Å². The van der Waals surface area contributed by atoms with Gasteiger partial charge in [0.2, 0.25) is 0 Å². The lowest BCUT2D eigenvalue weighted by Gasteiger charge is -2.34. The number of benzene rings is 11. The molecule has 0 fully saturated rings. The van der Waals surface area contributed by atoms with Gasteiger partial charge in [-0.15, -0.1) is 11.3 Å². The number of fused-ring (bicyclic) bond motifs is 9. The lowest BCUT2D eigenvalue weighted by atomic mass is 9.68. The smallest absolute Gasteiger partial charge is 0.143 e. The Morgan fingerprint density at radius 2 is 0.886 bits per heavy atom. The molecule has 14 rings (SSSR count). The van der Waals surface area contributed by atoms with E-state index in [2.05, 4.69) is 254 Å². The third-order valence-electron chi connectivity index (χ3n) is 14.6. The van der Waals surface area contributed by atoms with E-state index in [9.17, 15) is 0 Å². The van der Waals surface area contributed by atoms with Crippen molar-refractivity contribution in [3.05, 3.63) is 283 Å². The van der Waals surface area contributed by atoms with Crippen molar-refractivity contribution in [1.29, 1.82) is 0 Å². The minimum absolute atomic E-state index is 0.478. The average Bonchev–Trinajstić information content (AvgIpc) is 4.10. The zero-order chi connectivity index (χ0) is 46.2. The second kappa shape index (κ2) is 16.2. The van der Waals surface area contributed by atoms with Crippen LogP contribution in [0.25, 0.3) is 86.6 Å². The number of anilines is 3. The second-order valence-electron chi connectivity index (χ2n) is 18.4. The first-order chi connectivity index (χ1) is 34.7. The zero-order valence-corrected chi connectivity index (χ0v) is 38.9. The molecule has 2 nitrogen and oxygen atoms in total. The summed E-state index contributed by atoms with van der Waals surface area (Å²) in [5, 5.41) is 4.87. The van der Waals surface area contributed by atoms with Gasteiger partial charge in [-0.1, -0.05) is 194 Å². The van der Waals surface area contributed by atoms with Crippen molar-refractivity contribution in [1.82, 2.24) is 0 Å². The highest BCUT2D eigenvalue weighted by Crippen LogP contribution is 2.57. The molecule has 11 aromatic carbocycles. The van der Waals surface area contributed by atoms with E-state index in [1.807, 2.05) is 23.5 Å². The maximum absolute atomic E-state index is 6.48. The van der Waals surface area contributed by atoms with Crippen LogP contribution in [0.3, 0.4) is 0 Å². The van der Waals surface area contributed by atoms with E-state index in [1.165, 1.54) is 64.7 Å². The number of hydrogen-bond donors (Lipinski definition) is 0. The Morgan fingerprint density at radius 1 is 0.314 bits per heavy atom. The first-order valence-corrected chi connectivity index (χ1v) is 24.8. The van der Waals surface area contributed by atoms with Gasteiger partial charge in [-0.3, -0.25) is 0 Å². The van der Waals surface area contributed by atoms with E-state index < -0.39 is 5.41 Å². The molecule has 328 valence electrons. The number of hydrogen-bond acceptors (Lipinski definition) is 3. The Balaban J connectivity index is 0.916. The van der Waals surface area contributed by atoms with Gasteiger partial charge >= 0.3 is 0 Å². The van der Waals surface area contributed by atoms with E-state index in [0.29, 0.717) is 0 Å². The molecule has 0 aliphatic heterocycles. The molecule has 70 heavy (non-hydrogen) atoms. The zero-order valence-electron chi connectivity index (χ0n) is 38.1. The summed E-state index contributed by atoms with van der Waals surface area (Å²) in [6.07, 6.45) is 0. The largest absolute Gasteiger partial charge is 0.455 e. The van der Waals surface area contributed by atoms with E-state index in [-0.39, 0.29) is 0 Å². The average molecular weight is 910 g/mol. The van der Waals surface area contributed by atoms with Crippen LogP contribution in [0.15, 0.2) is 265 Å². The van der Waals surface area contributed by atoms with Crippen molar-refractivity contribution in [3.8, 4) is 44.5 Å². The molecular formula is C67H43NOS. The van der Waals surface area contributed by atoms with E-state index in [4.69, 9.17) is 4.42 Å². The second-order valence-corrected chi connectivity index (χ2v) is 19.4. The molecule has 13 aromatic rings. The van der Waals surface area contributed by atoms with Gasteiger partial charge in [0, 0.05) is 53.6 Å². The Bertz CT molecular complexity index is 4090. The van der Waals surface area contributed by atoms with Crippen LogP contribution in [0.1, 0.15) is 22.3 Å².